The number of fused-ring (bicyclic) bond motifs is 2. The summed E-state index contributed by atoms with van der Waals surface area (Å²) in [6.07, 6.45) is 6.37. The number of rotatable bonds is 7. The molecule has 8 rings (SSSR count). The lowest BCUT2D eigenvalue weighted by molar-refractivity contribution is -0.384. The van der Waals surface area contributed by atoms with Gasteiger partial charge in [-0.2, -0.15) is 20.2 Å². The fourth-order valence-electron chi connectivity index (χ4n) is 4.77. The molecular formula is C35H28Cl2N12O3. The minimum absolute atomic E-state index is 0.0712. The molecule has 0 bridgehead atoms. The second-order valence-corrected chi connectivity index (χ2v) is 11.5. The lowest BCUT2D eigenvalue weighted by atomic mass is 10.3. The summed E-state index contributed by atoms with van der Waals surface area (Å²) in [5, 5.41) is 36.4. The molecule has 0 aliphatic carbocycles. The largest absolute Gasteiger partial charge is 0.400 e. The molecule has 0 saturated heterocycles. The lowest BCUT2D eigenvalue weighted by Crippen LogP contribution is -2.07. The number of benzene rings is 4. The van der Waals surface area contributed by atoms with Gasteiger partial charge in [0.25, 0.3) is 11.9 Å². The van der Waals surface area contributed by atoms with Crippen LogP contribution in [-0.4, -0.2) is 56.6 Å². The van der Waals surface area contributed by atoms with Crippen molar-refractivity contribution in [3.05, 3.63) is 142 Å². The van der Waals surface area contributed by atoms with Gasteiger partial charge in [-0.05, 0) is 60.7 Å². The van der Waals surface area contributed by atoms with Gasteiger partial charge in [0.05, 0.1) is 27.8 Å². The first-order valence-electron chi connectivity index (χ1n) is 15.3. The van der Waals surface area contributed by atoms with E-state index in [-0.39, 0.29) is 17.5 Å². The van der Waals surface area contributed by atoms with Gasteiger partial charge in [0, 0.05) is 51.7 Å². The molecular weight excluding hydrogens is 707 g/mol. The summed E-state index contributed by atoms with van der Waals surface area (Å²) in [6, 6.07) is 29.5. The van der Waals surface area contributed by atoms with Crippen LogP contribution in [0.2, 0.25) is 10.0 Å². The maximum absolute atomic E-state index is 11.3. The number of hydrogen-bond donors (Lipinski definition) is 4. The molecule has 0 atom stereocenters. The van der Waals surface area contributed by atoms with E-state index in [1.54, 1.807) is 53.5 Å². The molecule has 260 valence electrons. The van der Waals surface area contributed by atoms with Crippen molar-refractivity contribution >= 4 is 79.4 Å². The van der Waals surface area contributed by atoms with Crippen LogP contribution in [-0.2, 0) is 0 Å². The van der Waals surface area contributed by atoms with Crippen molar-refractivity contribution in [3.63, 3.8) is 0 Å². The Hall–Kier alpha value is -6.68. The first-order valence-corrected chi connectivity index (χ1v) is 16.1. The molecule has 0 unspecified atom stereocenters. The summed E-state index contributed by atoms with van der Waals surface area (Å²) in [7, 11) is 1.00. The normalized spacial score (nSPS) is 10.5. The van der Waals surface area contributed by atoms with Gasteiger partial charge in [-0.25, -0.2) is 19.3 Å². The van der Waals surface area contributed by atoms with Gasteiger partial charge in [-0.15, -0.1) is 0 Å². The summed E-state index contributed by atoms with van der Waals surface area (Å²) < 4.78 is 3.12. The average Bonchev–Trinajstić information content (AvgIpc) is 3.81. The molecule has 0 spiro atoms. The Bertz CT molecular complexity index is 2410. The fourth-order valence-corrected chi connectivity index (χ4v) is 5.02. The van der Waals surface area contributed by atoms with E-state index in [4.69, 9.17) is 34.0 Å². The van der Waals surface area contributed by atoms with Gasteiger partial charge in [0.1, 0.15) is 6.20 Å². The zero-order chi connectivity index (χ0) is 36.6. The summed E-state index contributed by atoms with van der Waals surface area (Å²) in [4.78, 5) is 27.8. The number of halogens is 2. The SMILES string of the molecule is CO.Nc1cnc(-n2cc3ccccc3n2)nc1Nc1ccc(Cl)cc1.O=[N+]([O-])c1cnc(-n2cc3ccccc3n2)nc1Nc1ccc(Cl)cc1. The monoisotopic (exact) mass is 734 g/mol. The minimum Gasteiger partial charge on any atom is -0.400 e. The van der Waals surface area contributed by atoms with Gasteiger partial charge >= 0.3 is 5.69 Å². The van der Waals surface area contributed by atoms with Crippen molar-refractivity contribution in [2.45, 2.75) is 0 Å². The Morgan fingerprint density at radius 3 is 1.60 bits per heavy atom. The Labute approximate surface area is 305 Å². The Balaban J connectivity index is 0.000000171. The van der Waals surface area contributed by atoms with Gasteiger partial charge < -0.3 is 21.5 Å². The van der Waals surface area contributed by atoms with Crippen LogP contribution in [0, 0.1) is 10.1 Å². The van der Waals surface area contributed by atoms with Gasteiger partial charge in [-0.3, -0.25) is 10.1 Å². The number of nitrogens with one attached hydrogen (secondary N) is 2. The maximum atomic E-state index is 11.3. The van der Waals surface area contributed by atoms with Crippen LogP contribution in [0.25, 0.3) is 33.7 Å². The van der Waals surface area contributed by atoms with E-state index < -0.39 is 4.92 Å². The van der Waals surface area contributed by atoms with E-state index in [1.807, 2.05) is 66.9 Å². The molecule has 0 saturated carbocycles. The van der Waals surface area contributed by atoms with Crippen molar-refractivity contribution in [1.29, 1.82) is 0 Å². The quantitative estimate of drug-likeness (QED) is 0.0928. The smallest absolute Gasteiger partial charge is 0.329 e. The molecule has 0 radical (unpaired) electrons. The van der Waals surface area contributed by atoms with Crippen LogP contribution in [0.15, 0.2) is 122 Å². The summed E-state index contributed by atoms with van der Waals surface area (Å²) in [5.41, 5.74) is 9.30. The van der Waals surface area contributed by atoms with E-state index in [0.29, 0.717) is 33.2 Å². The van der Waals surface area contributed by atoms with Crippen molar-refractivity contribution in [2.75, 3.05) is 23.5 Å². The number of aromatic nitrogens is 8. The zero-order valence-electron chi connectivity index (χ0n) is 27.2. The summed E-state index contributed by atoms with van der Waals surface area (Å²) in [6.45, 7) is 0. The highest BCUT2D eigenvalue weighted by atomic mass is 35.5. The van der Waals surface area contributed by atoms with Crippen LogP contribution < -0.4 is 16.4 Å². The molecule has 4 aromatic heterocycles. The minimum atomic E-state index is -0.540. The number of nitro groups is 1. The van der Waals surface area contributed by atoms with Crippen molar-refractivity contribution in [1.82, 2.24) is 39.5 Å². The van der Waals surface area contributed by atoms with E-state index in [9.17, 15) is 10.1 Å². The highest BCUT2D eigenvalue weighted by molar-refractivity contribution is 6.30. The number of aliphatic hydroxyl groups is 1. The van der Waals surface area contributed by atoms with Crippen LogP contribution in [0.3, 0.4) is 0 Å². The van der Waals surface area contributed by atoms with E-state index in [0.717, 1.165) is 40.8 Å². The molecule has 17 heteroatoms. The summed E-state index contributed by atoms with van der Waals surface area (Å²) >= 11 is 11.8. The molecule has 0 amide bonds. The molecule has 52 heavy (non-hydrogen) atoms. The number of nitrogen functional groups attached to an aromatic ring is 1. The first kappa shape index (κ1) is 35.2. The van der Waals surface area contributed by atoms with Crippen molar-refractivity contribution in [3.8, 4) is 11.9 Å². The molecule has 0 aliphatic rings. The Morgan fingerprint density at radius 1 is 0.673 bits per heavy atom. The number of aliphatic hydroxyl groups excluding tert-OH is 1. The highest BCUT2D eigenvalue weighted by Gasteiger charge is 2.19. The van der Waals surface area contributed by atoms with Crippen LogP contribution in [0.4, 0.5) is 34.4 Å². The third kappa shape index (κ3) is 8.19. The van der Waals surface area contributed by atoms with E-state index in [2.05, 4.69) is 40.8 Å². The third-order valence-corrected chi connectivity index (χ3v) is 7.71. The second-order valence-electron chi connectivity index (χ2n) is 10.7. The first-order chi connectivity index (χ1) is 25.3. The molecule has 4 heterocycles. The van der Waals surface area contributed by atoms with Gasteiger partial charge in [0.2, 0.25) is 5.82 Å². The van der Waals surface area contributed by atoms with Gasteiger partial charge in [-0.1, -0.05) is 59.6 Å². The Morgan fingerprint density at radius 2 is 1.12 bits per heavy atom. The molecule has 0 aliphatic heterocycles. The standard InChI is InChI=1S/C17H11ClN6O2.C17H13ClN6.CH4O/c18-12-5-7-13(8-6-12)20-16-15(24(25)26)9-19-17(21-16)23-10-11-3-1-2-4-14(11)22-23;18-12-5-7-13(8-6-12)21-16-14(19)9-20-17(22-16)24-10-11-3-1-2-4-15(11)23-24;1-2/h1-10H,(H,19,20,21);1-10H,19H2,(H,20,21,22);2H,1H3. The highest BCUT2D eigenvalue weighted by Crippen LogP contribution is 2.27. The number of anilines is 5. The Kier molecular flexibility index (Phi) is 10.8. The lowest BCUT2D eigenvalue weighted by Gasteiger charge is -2.09. The molecule has 4 aromatic carbocycles. The summed E-state index contributed by atoms with van der Waals surface area (Å²) in [5.74, 6) is 1.25. The van der Waals surface area contributed by atoms with Crippen molar-refractivity contribution < 1.29 is 10.0 Å². The second kappa shape index (κ2) is 15.9. The van der Waals surface area contributed by atoms with E-state index in [1.165, 1.54) is 4.68 Å². The number of hydrogen-bond acceptors (Lipinski definition) is 12. The molecule has 5 N–H and O–H groups in total. The van der Waals surface area contributed by atoms with Crippen LogP contribution >= 0.6 is 23.2 Å². The van der Waals surface area contributed by atoms with Gasteiger partial charge in [0.15, 0.2) is 5.82 Å². The predicted octanol–water partition coefficient (Wildman–Crippen LogP) is 7.52. The topological polar surface area (TPSA) is 201 Å². The number of nitrogens with zero attached hydrogens (tertiary/aromatic N) is 9. The number of nitrogens with two attached hydrogens (primary N) is 1. The van der Waals surface area contributed by atoms with E-state index >= 15 is 0 Å². The predicted molar refractivity (Wildman–Crippen MR) is 202 cm³/mol. The maximum Gasteiger partial charge on any atom is 0.329 e. The zero-order valence-corrected chi connectivity index (χ0v) is 28.7. The fraction of sp³-hybridized carbons (Fsp3) is 0.0286. The van der Waals surface area contributed by atoms with Crippen LogP contribution in [0.5, 0.6) is 0 Å². The van der Waals surface area contributed by atoms with Crippen LogP contribution in [0.1, 0.15) is 0 Å². The third-order valence-electron chi connectivity index (χ3n) is 7.21. The molecule has 8 aromatic rings. The average molecular weight is 736 g/mol. The molecule has 0 fully saturated rings. The van der Waals surface area contributed by atoms with Crippen molar-refractivity contribution in [2.24, 2.45) is 0 Å². The molecule has 15 nitrogen and oxygen atoms in total.